The van der Waals surface area contributed by atoms with Crippen molar-refractivity contribution in [2.45, 2.75) is 25.1 Å². The van der Waals surface area contributed by atoms with Crippen LogP contribution >= 0.6 is 23.4 Å². The van der Waals surface area contributed by atoms with Gasteiger partial charge in [0.2, 0.25) is 11.2 Å². The highest BCUT2D eigenvalue weighted by Gasteiger charge is 2.28. The lowest BCUT2D eigenvalue weighted by Crippen LogP contribution is -2.45. The maximum absolute atomic E-state index is 6.01. The highest BCUT2D eigenvalue weighted by Crippen LogP contribution is 2.27. The van der Waals surface area contributed by atoms with E-state index in [4.69, 9.17) is 11.6 Å². The number of nitrogens with zero attached hydrogens (tertiary/aromatic N) is 7. The van der Waals surface area contributed by atoms with E-state index in [-0.39, 0.29) is 5.28 Å². The van der Waals surface area contributed by atoms with Crippen molar-refractivity contribution in [2.75, 3.05) is 17.2 Å². The quantitative estimate of drug-likeness (QED) is 0.830. The summed E-state index contributed by atoms with van der Waals surface area (Å²) < 4.78 is 1.48. The fourth-order valence-electron chi connectivity index (χ4n) is 2.09. The lowest BCUT2D eigenvalue weighted by atomic mass is 10.2. The van der Waals surface area contributed by atoms with Crippen LogP contribution in [0.4, 0.5) is 5.95 Å². The number of hydrogen-bond donors (Lipinski definition) is 0. The molecule has 0 N–H and O–H groups in total. The molecule has 0 radical (unpaired) electrons. The average molecular weight is 312 g/mol. The molecule has 1 aliphatic heterocycles. The van der Waals surface area contributed by atoms with Crippen LogP contribution in [0.5, 0.6) is 0 Å². The van der Waals surface area contributed by atoms with Gasteiger partial charge in [-0.2, -0.15) is 36.5 Å². The van der Waals surface area contributed by atoms with Gasteiger partial charge in [0.05, 0.1) is 0 Å². The van der Waals surface area contributed by atoms with Crippen LogP contribution in [0.15, 0.2) is 12.7 Å². The topological polar surface area (TPSA) is 72.6 Å². The molecule has 2 unspecified atom stereocenters. The van der Waals surface area contributed by atoms with E-state index in [9.17, 15) is 0 Å². The Morgan fingerprint density at radius 1 is 1.25 bits per heavy atom. The molecule has 0 saturated carbocycles. The first kappa shape index (κ1) is 13.6. The lowest BCUT2D eigenvalue weighted by molar-refractivity contribution is 0.607. The summed E-state index contributed by atoms with van der Waals surface area (Å²) in [6.07, 6.45) is 2.97. The highest BCUT2D eigenvalue weighted by molar-refractivity contribution is 8.00. The fourth-order valence-corrected chi connectivity index (χ4v) is 3.34. The molecule has 0 bridgehead atoms. The van der Waals surface area contributed by atoms with Gasteiger partial charge in [0.25, 0.3) is 5.95 Å². The zero-order chi connectivity index (χ0) is 14.1. The molecule has 0 aliphatic carbocycles. The van der Waals surface area contributed by atoms with Crippen molar-refractivity contribution in [2.24, 2.45) is 0 Å². The third kappa shape index (κ3) is 2.57. The van der Waals surface area contributed by atoms with Crippen LogP contribution in [0.1, 0.15) is 13.8 Å². The van der Waals surface area contributed by atoms with Crippen LogP contribution in [-0.2, 0) is 0 Å². The van der Waals surface area contributed by atoms with E-state index in [0.29, 0.717) is 23.2 Å². The van der Waals surface area contributed by atoms with E-state index in [1.54, 1.807) is 0 Å². The van der Waals surface area contributed by atoms with E-state index in [2.05, 4.69) is 43.8 Å². The zero-order valence-corrected chi connectivity index (χ0v) is 12.7. The van der Waals surface area contributed by atoms with Crippen molar-refractivity contribution >= 4 is 29.3 Å². The summed E-state index contributed by atoms with van der Waals surface area (Å²) in [5, 5.41) is 4.71. The first-order chi connectivity index (χ1) is 9.65. The van der Waals surface area contributed by atoms with Crippen molar-refractivity contribution in [3.8, 4) is 5.95 Å². The standard InChI is InChI=1S/C11H14ClN7S/c1-7-8(2)20-4-3-18(7)10-15-9(12)16-11(17-10)19-6-13-5-14-19/h5-8H,3-4H2,1-2H3. The third-order valence-electron chi connectivity index (χ3n) is 3.35. The van der Waals surface area contributed by atoms with E-state index >= 15 is 0 Å². The summed E-state index contributed by atoms with van der Waals surface area (Å²) in [5.41, 5.74) is 0. The van der Waals surface area contributed by atoms with Gasteiger partial charge < -0.3 is 4.90 Å². The van der Waals surface area contributed by atoms with Gasteiger partial charge in [0.1, 0.15) is 12.7 Å². The van der Waals surface area contributed by atoms with Crippen molar-refractivity contribution in [1.82, 2.24) is 29.7 Å². The van der Waals surface area contributed by atoms with Crippen LogP contribution in [0, 0.1) is 0 Å². The second kappa shape index (κ2) is 5.53. The van der Waals surface area contributed by atoms with E-state index in [1.807, 2.05) is 11.8 Å². The number of rotatable bonds is 2. The second-order valence-corrected chi connectivity index (χ2v) is 6.38. The predicted octanol–water partition coefficient (Wildman–Crippen LogP) is 1.44. The minimum absolute atomic E-state index is 0.165. The molecular formula is C11H14ClN7S. The van der Waals surface area contributed by atoms with Crippen LogP contribution in [0.25, 0.3) is 5.95 Å². The van der Waals surface area contributed by atoms with Crippen molar-refractivity contribution < 1.29 is 0 Å². The number of thioether (sulfide) groups is 1. The molecule has 2 aromatic heterocycles. The lowest BCUT2D eigenvalue weighted by Gasteiger charge is -2.37. The fraction of sp³-hybridized carbons (Fsp3) is 0.545. The van der Waals surface area contributed by atoms with Crippen LogP contribution in [-0.4, -0.2) is 53.3 Å². The molecule has 20 heavy (non-hydrogen) atoms. The SMILES string of the molecule is CC1SCCN(c2nc(Cl)nc(-n3cncn3)n2)C1C. The van der Waals surface area contributed by atoms with Gasteiger partial charge in [-0.25, -0.2) is 4.98 Å². The smallest absolute Gasteiger partial charge is 0.258 e. The van der Waals surface area contributed by atoms with Crippen LogP contribution in [0.3, 0.4) is 0 Å². The molecule has 0 amide bonds. The Kier molecular flexibility index (Phi) is 3.75. The molecule has 106 valence electrons. The normalized spacial score (nSPS) is 23.1. The Bertz CT molecular complexity index is 590. The second-order valence-electron chi connectivity index (χ2n) is 4.55. The van der Waals surface area contributed by atoms with E-state index in [1.165, 1.54) is 17.3 Å². The minimum Gasteiger partial charge on any atom is -0.336 e. The summed E-state index contributed by atoms with van der Waals surface area (Å²) in [4.78, 5) is 18.8. The molecule has 0 spiro atoms. The largest absolute Gasteiger partial charge is 0.336 e. The van der Waals surface area contributed by atoms with Gasteiger partial charge in [-0.05, 0) is 18.5 Å². The average Bonchev–Trinajstić information content (AvgIpc) is 2.95. The maximum atomic E-state index is 6.01. The van der Waals surface area contributed by atoms with Gasteiger partial charge in [-0.3, -0.25) is 0 Å². The zero-order valence-electron chi connectivity index (χ0n) is 11.1. The molecule has 1 saturated heterocycles. The summed E-state index contributed by atoms with van der Waals surface area (Å²) in [6.45, 7) is 5.28. The molecule has 3 heterocycles. The van der Waals surface area contributed by atoms with Crippen LogP contribution in [0.2, 0.25) is 5.28 Å². The number of halogens is 1. The number of hydrogen-bond acceptors (Lipinski definition) is 7. The summed E-state index contributed by atoms with van der Waals surface area (Å²) >= 11 is 7.97. The first-order valence-electron chi connectivity index (χ1n) is 6.30. The molecular weight excluding hydrogens is 298 g/mol. The molecule has 1 aliphatic rings. The van der Waals surface area contributed by atoms with Gasteiger partial charge in [0.15, 0.2) is 0 Å². The maximum Gasteiger partial charge on any atom is 0.258 e. The van der Waals surface area contributed by atoms with Gasteiger partial charge in [-0.1, -0.05) is 6.92 Å². The summed E-state index contributed by atoms with van der Waals surface area (Å²) in [6, 6.07) is 0.343. The number of aromatic nitrogens is 6. The molecule has 9 heteroatoms. The van der Waals surface area contributed by atoms with E-state index < -0.39 is 0 Å². The molecule has 0 aromatic carbocycles. The van der Waals surface area contributed by atoms with Crippen molar-refractivity contribution in [3.63, 3.8) is 0 Å². The molecule has 1 fully saturated rings. The van der Waals surface area contributed by atoms with Gasteiger partial charge in [0, 0.05) is 23.6 Å². The monoisotopic (exact) mass is 311 g/mol. The van der Waals surface area contributed by atoms with Crippen LogP contribution < -0.4 is 4.90 Å². The van der Waals surface area contributed by atoms with Crippen molar-refractivity contribution in [3.05, 3.63) is 17.9 Å². The molecule has 3 rings (SSSR count). The summed E-state index contributed by atoms with van der Waals surface area (Å²) in [7, 11) is 0. The highest BCUT2D eigenvalue weighted by atomic mass is 35.5. The van der Waals surface area contributed by atoms with Gasteiger partial charge in [-0.15, -0.1) is 0 Å². The Balaban J connectivity index is 1.97. The first-order valence-corrected chi connectivity index (χ1v) is 7.72. The Labute approximate surface area is 125 Å². The molecule has 2 aromatic rings. The Morgan fingerprint density at radius 2 is 2.05 bits per heavy atom. The van der Waals surface area contributed by atoms with E-state index in [0.717, 1.165) is 12.3 Å². The summed E-state index contributed by atoms with van der Waals surface area (Å²) in [5.74, 6) is 2.03. The third-order valence-corrected chi connectivity index (χ3v) is 4.86. The van der Waals surface area contributed by atoms with Gasteiger partial charge >= 0.3 is 0 Å². The predicted molar refractivity (Wildman–Crippen MR) is 78.5 cm³/mol. The molecule has 7 nitrogen and oxygen atoms in total. The Morgan fingerprint density at radius 3 is 2.80 bits per heavy atom. The molecule has 2 atom stereocenters. The minimum atomic E-state index is 0.165. The number of anilines is 1. The Hall–Kier alpha value is -1.41. The van der Waals surface area contributed by atoms with Crippen molar-refractivity contribution in [1.29, 1.82) is 0 Å².